The average molecular weight is 226 g/mol. The third-order valence-corrected chi connectivity index (χ3v) is 2.54. The minimum atomic E-state index is 0.319. The van der Waals surface area contributed by atoms with Crippen molar-refractivity contribution in [2.75, 3.05) is 13.2 Å². The highest BCUT2D eigenvalue weighted by atomic mass is 16.3. The van der Waals surface area contributed by atoms with Gasteiger partial charge in [0.1, 0.15) is 0 Å². The van der Waals surface area contributed by atoms with Crippen molar-refractivity contribution in [2.45, 2.75) is 64.2 Å². The van der Waals surface area contributed by atoms with E-state index in [1.54, 1.807) is 0 Å². The summed E-state index contributed by atoms with van der Waals surface area (Å²) in [6.07, 6.45) is 10.8. The Morgan fingerprint density at radius 1 is 0.500 bits per heavy atom. The molecule has 0 fully saturated rings. The van der Waals surface area contributed by atoms with E-state index in [0.29, 0.717) is 13.2 Å². The zero-order valence-corrected chi connectivity index (χ0v) is 10.4. The van der Waals surface area contributed by atoms with Crippen LogP contribution in [0.3, 0.4) is 0 Å². The summed E-state index contributed by atoms with van der Waals surface area (Å²) in [4.78, 5) is 0. The second-order valence-corrected chi connectivity index (χ2v) is 4.13. The van der Waals surface area contributed by atoms with Crippen LogP contribution in [0.15, 0.2) is 0 Å². The first kappa shape index (κ1) is 15.5. The van der Waals surface area contributed by atoms with Gasteiger partial charge in [-0.15, -0.1) is 11.8 Å². The standard InChI is InChI=1S/C14H26O2/c15-13-11-9-7-5-3-1-2-4-6-8-10-12-14-16/h15-16H,3-14H2. The molecule has 0 aromatic heterocycles. The summed E-state index contributed by atoms with van der Waals surface area (Å²) < 4.78 is 0. The summed E-state index contributed by atoms with van der Waals surface area (Å²) in [5.74, 6) is 6.38. The number of hydrogen-bond acceptors (Lipinski definition) is 2. The number of aliphatic hydroxyl groups excluding tert-OH is 2. The number of unbranched alkanes of at least 4 members (excludes halogenated alkanes) is 8. The number of hydrogen-bond donors (Lipinski definition) is 2. The quantitative estimate of drug-likeness (QED) is 0.444. The first-order valence-electron chi connectivity index (χ1n) is 6.59. The van der Waals surface area contributed by atoms with E-state index in [1.807, 2.05) is 0 Å². The van der Waals surface area contributed by atoms with E-state index in [-0.39, 0.29) is 0 Å². The largest absolute Gasteiger partial charge is 0.396 e. The molecule has 16 heavy (non-hydrogen) atoms. The topological polar surface area (TPSA) is 40.5 Å². The molecular weight excluding hydrogens is 200 g/mol. The van der Waals surface area contributed by atoms with Crippen LogP contribution in [0.25, 0.3) is 0 Å². The van der Waals surface area contributed by atoms with Gasteiger partial charge in [0.2, 0.25) is 0 Å². The molecule has 2 N–H and O–H groups in total. The molecule has 94 valence electrons. The molecule has 0 aromatic carbocycles. The summed E-state index contributed by atoms with van der Waals surface area (Å²) >= 11 is 0. The second-order valence-electron chi connectivity index (χ2n) is 4.13. The summed E-state index contributed by atoms with van der Waals surface area (Å²) in [6, 6.07) is 0. The van der Waals surface area contributed by atoms with E-state index < -0.39 is 0 Å². The molecule has 0 amide bonds. The molecule has 0 radical (unpaired) electrons. The predicted molar refractivity (Wildman–Crippen MR) is 68.1 cm³/mol. The molecule has 0 saturated heterocycles. The Kier molecular flexibility index (Phi) is 14.0. The molecule has 0 aliphatic rings. The highest BCUT2D eigenvalue weighted by Gasteiger charge is 1.88. The molecule has 0 rings (SSSR count). The second kappa shape index (κ2) is 14.5. The summed E-state index contributed by atoms with van der Waals surface area (Å²) in [5, 5.41) is 17.2. The Bertz CT molecular complexity index is 161. The number of aliphatic hydroxyl groups is 2. The van der Waals surface area contributed by atoms with Crippen LogP contribution < -0.4 is 0 Å². The fraction of sp³-hybridized carbons (Fsp3) is 0.857. The summed E-state index contributed by atoms with van der Waals surface area (Å²) in [6.45, 7) is 0.638. The van der Waals surface area contributed by atoms with E-state index in [1.165, 1.54) is 12.8 Å². The lowest BCUT2D eigenvalue weighted by atomic mass is 10.1. The van der Waals surface area contributed by atoms with Crippen LogP contribution in [-0.2, 0) is 0 Å². The SMILES string of the molecule is OCCCCCCC#CCCCCCCO. The van der Waals surface area contributed by atoms with E-state index in [0.717, 1.165) is 51.4 Å². The van der Waals surface area contributed by atoms with Gasteiger partial charge in [0.25, 0.3) is 0 Å². The van der Waals surface area contributed by atoms with Crippen molar-refractivity contribution in [3.8, 4) is 11.8 Å². The minimum Gasteiger partial charge on any atom is -0.396 e. The molecule has 0 saturated carbocycles. The van der Waals surface area contributed by atoms with Gasteiger partial charge in [-0.3, -0.25) is 0 Å². The third-order valence-electron chi connectivity index (χ3n) is 2.54. The van der Waals surface area contributed by atoms with Crippen molar-refractivity contribution in [3.05, 3.63) is 0 Å². The lowest BCUT2D eigenvalue weighted by Crippen LogP contribution is -1.83. The van der Waals surface area contributed by atoms with Gasteiger partial charge in [-0.1, -0.05) is 25.7 Å². The molecule has 0 heterocycles. The van der Waals surface area contributed by atoms with Gasteiger partial charge >= 0.3 is 0 Å². The maximum atomic E-state index is 8.58. The Morgan fingerprint density at radius 2 is 0.875 bits per heavy atom. The lowest BCUT2D eigenvalue weighted by molar-refractivity contribution is 0.282. The molecule has 0 atom stereocenters. The van der Waals surface area contributed by atoms with Gasteiger partial charge in [-0.2, -0.15) is 0 Å². The Labute approximate surface area is 100 Å². The van der Waals surface area contributed by atoms with Gasteiger partial charge in [0, 0.05) is 26.1 Å². The molecule has 0 spiro atoms. The zero-order valence-electron chi connectivity index (χ0n) is 10.4. The Hall–Kier alpha value is -0.520. The fourth-order valence-corrected chi connectivity index (χ4v) is 1.53. The van der Waals surface area contributed by atoms with Gasteiger partial charge in [-0.25, -0.2) is 0 Å². The van der Waals surface area contributed by atoms with E-state index in [4.69, 9.17) is 10.2 Å². The van der Waals surface area contributed by atoms with Crippen molar-refractivity contribution in [1.29, 1.82) is 0 Å². The first-order chi connectivity index (χ1) is 7.91. The molecule has 0 bridgehead atoms. The monoisotopic (exact) mass is 226 g/mol. The van der Waals surface area contributed by atoms with Gasteiger partial charge in [0.15, 0.2) is 0 Å². The lowest BCUT2D eigenvalue weighted by Gasteiger charge is -1.95. The summed E-state index contributed by atoms with van der Waals surface area (Å²) in [7, 11) is 0. The van der Waals surface area contributed by atoms with Crippen LogP contribution in [0.1, 0.15) is 64.2 Å². The minimum absolute atomic E-state index is 0.319. The first-order valence-corrected chi connectivity index (χ1v) is 6.59. The summed E-state index contributed by atoms with van der Waals surface area (Å²) in [5.41, 5.74) is 0. The van der Waals surface area contributed by atoms with E-state index in [9.17, 15) is 0 Å². The molecule has 0 aliphatic heterocycles. The van der Waals surface area contributed by atoms with Crippen LogP contribution in [0.4, 0.5) is 0 Å². The number of rotatable bonds is 10. The molecule has 2 heteroatoms. The van der Waals surface area contributed by atoms with Crippen molar-refractivity contribution >= 4 is 0 Å². The van der Waals surface area contributed by atoms with Crippen molar-refractivity contribution in [3.63, 3.8) is 0 Å². The van der Waals surface area contributed by atoms with Crippen LogP contribution in [-0.4, -0.2) is 23.4 Å². The van der Waals surface area contributed by atoms with Crippen molar-refractivity contribution in [1.82, 2.24) is 0 Å². The molecule has 2 nitrogen and oxygen atoms in total. The highest BCUT2D eigenvalue weighted by Crippen LogP contribution is 2.03. The zero-order chi connectivity index (χ0) is 11.9. The van der Waals surface area contributed by atoms with Crippen LogP contribution in [0, 0.1) is 11.8 Å². The Balaban J connectivity index is 3.04. The Morgan fingerprint density at radius 3 is 1.25 bits per heavy atom. The fourth-order valence-electron chi connectivity index (χ4n) is 1.53. The van der Waals surface area contributed by atoms with Crippen molar-refractivity contribution in [2.24, 2.45) is 0 Å². The maximum absolute atomic E-state index is 8.58. The smallest absolute Gasteiger partial charge is 0.0431 e. The normalized spacial score (nSPS) is 9.88. The predicted octanol–water partition coefficient (Wildman–Crippen LogP) is 2.88. The average Bonchev–Trinajstić information content (AvgIpc) is 2.31. The van der Waals surface area contributed by atoms with Gasteiger partial charge in [-0.05, 0) is 25.7 Å². The van der Waals surface area contributed by atoms with Crippen molar-refractivity contribution < 1.29 is 10.2 Å². The molecule has 0 aromatic rings. The molecule has 0 aliphatic carbocycles. The highest BCUT2D eigenvalue weighted by molar-refractivity contribution is 4.98. The van der Waals surface area contributed by atoms with Gasteiger partial charge < -0.3 is 10.2 Å². The molecule has 0 unspecified atom stereocenters. The maximum Gasteiger partial charge on any atom is 0.0431 e. The van der Waals surface area contributed by atoms with E-state index >= 15 is 0 Å². The van der Waals surface area contributed by atoms with Crippen LogP contribution >= 0.6 is 0 Å². The van der Waals surface area contributed by atoms with Crippen LogP contribution in [0.2, 0.25) is 0 Å². The molecular formula is C14H26O2. The van der Waals surface area contributed by atoms with Gasteiger partial charge in [0.05, 0.1) is 0 Å². The third kappa shape index (κ3) is 13.5. The van der Waals surface area contributed by atoms with E-state index in [2.05, 4.69) is 11.8 Å². The van der Waals surface area contributed by atoms with Crippen LogP contribution in [0.5, 0.6) is 0 Å².